The van der Waals surface area contributed by atoms with Gasteiger partial charge in [0.15, 0.2) is 0 Å². The number of nitrogens with zero attached hydrogens (tertiary/aromatic N) is 1. The van der Waals surface area contributed by atoms with Crippen molar-refractivity contribution in [1.29, 1.82) is 0 Å². The molecule has 1 saturated heterocycles. The quantitative estimate of drug-likeness (QED) is 0.706. The third kappa shape index (κ3) is 4.73. The lowest BCUT2D eigenvalue weighted by Crippen LogP contribution is -2.45. The maximum atomic E-state index is 12.7. The molecule has 7 heteroatoms. The molecule has 4 N–H and O–H groups in total. The number of likely N-dealkylation sites (tertiary alicyclic amines) is 1. The number of carbonyl (C=O) groups is 2. The van der Waals surface area contributed by atoms with Crippen LogP contribution in [0.2, 0.25) is 0 Å². The largest absolute Gasteiger partial charge is 0.495 e. The van der Waals surface area contributed by atoms with E-state index in [1.807, 2.05) is 31.2 Å². The lowest BCUT2D eigenvalue weighted by molar-refractivity contribution is -0.121. The number of urea groups is 1. The van der Waals surface area contributed by atoms with E-state index in [0.29, 0.717) is 30.2 Å². The number of benzene rings is 2. The lowest BCUT2D eigenvalue weighted by Gasteiger charge is -2.32. The zero-order valence-corrected chi connectivity index (χ0v) is 16.2. The number of rotatable bonds is 4. The minimum Gasteiger partial charge on any atom is -0.495 e. The molecule has 7 nitrogen and oxygen atoms in total. The molecule has 2 aromatic carbocycles. The molecule has 1 aliphatic rings. The number of methoxy groups -OCH3 is 1. The van der Waals surface area contributed by atoms with E-state index in [-0.39, 0.29) is 17.9 Å². The van der Waals surface area contributed by atoms with Crippen LogP contribution in [-0.4, -0.2) is 37.0 Å². The molecule has 0 aliphatic carbocycles. The number of hydrogen-bond donors (Lipinski definition) is 3. The highest BCUT2D eigenvalue weighted by atomic mass is 16.5. The van der Waals surface area contributed by atoms with Gasteiger partial charge in [0, 0.05) is 24.5 Å². The highest BCUT2D eigenvalue weighted by Crippen LogP contribution is 2.26. The Morgan fingerprint density at radius 3 is 2.64 bits per heavy atom. The highest BCUT2D eigenvalue weighted by molar-refractivity contribution is 5.94. The molecule has 1 aliphatic heterocycles. The molecule has 0 spiro atoms. The van der Waals surface area contributed by atoms with Crippen molar-refractivity contribution in [3.05, 3.63) is 48.0 Å². The Morgan fingerprint density at radius 2 is 1.93 bits per heavy atom. The van der Waals surface area contributed by atoms with Gasteiger partial charge in [-0.2, -0.15) is 0 Å². The van der Waals surface area contributed by atoms with Crippen LogP contribution in [-0.2, 0) is 4.79 Å². The number of nitrogens with one attached hydrogen (secondary N) is 2. The predicted octanol–water partition coefficient (Wildman–Crippen LogP) is 3.47. The molecule has 0 aromatic heterocycles. The number of amides is 3. The van der Waals surface area contributed by atoms with E-state index in [0.717, 1.165) is 24.1 Å². The number of ether oxygens (including phenoxy) is 1. The summed E-state index contributed by atoms with van der Waals surface area (Å²) in [4.78, 5) is 26.9. The summed E-state index contributed by atoms with van der Waals surface area (Å²) in [6.07, 6.45) is 1.52. The number of piperidine rings is 1. The van der Waals surface area contributed by atoms with E-state index >= 15 is 0 Å². The van der Waals surface area contributed by atoms with Crippen LogP contribution in [0.1, 0.15) is 18.4 Å². The van der Waals surface area contributed by atoms with Gasteiger partial charge < -0.3 is 26.0 Å². The summed E-state index contributed by atoms with van der Waals surface area (Å²) < 4.78 is 5.13. The molecule has 2 aromatic rings. The molecule has 148 valence electrons. The molecule has 1 atom stereocenters. The number of anilines is 3. The Balaban J connectivity index is 1.60. The van der Waals surface area contributed by atoms with Crippen LogP contribution in [0.4, 0.5) is 21.9 Å². The average Bonchev–Trinajstić information content (AvgIpc) is 2.68. The Bertz CT molecular complexity index is 868. The van der Waals surface area contributed by atoms with Crippen LogP contribution >= 0.6 is 0 Å². The van der Waals surface area contributed by atoms with E-state index in [2.05, 4.69) is 10.6 Å². The van der Waals surface area contributed by atoms with Gasteiger partial charge in [-0.15, -0.1) is 0 Å². The molecular weight excluding hydrogens is 356 g/mol. The smallest absolute Gasteiger partial charge is 0.321 e. The summed E-state index contributed by atoms with van der Waals surface area (Å²) in [5, 5.41) is 5.79. The molecule has 3 amide bonds. The van der Waals surface area contributed by atoms with Gasteiger partial charge in [0.25, 0.3) is 0 Å². The SMILES string of the molecule is COc1ccc(NC(=O)C2CCCN(C(=O)Nc3cccc(C)c3)C2)cc1N. The van der Waals surface area contributed by atoms with Gasteiger partial charge in [0.1, 0.15) is 5.75 Å². The minimum absolute atomic E-state index is 0.113. The summed E-state index contributed by atoms with van der Waals surface area (Å²) >= 11 is 0. The normalized spacial score (nSPS) is 16.4. The zero-order valence-electron chi connectivity index (χ0n) is 16.2. The number of carbonyl (C=O) groups excluding carboxylic acids is 2. The van der Waals surface area contributed by atoms with Gasteiger partial charge in [0.2, 0.25) is 5.91 Å². The topological polar surface area (TPSA) is 96.7 Å². The van der Waals surface area contributed by atoms with E-state index in [4.69, 9.17) is 10.5 Å². The molecule has 0 saturated carbocycles. The van der Waals surface area contributed by atoms with Crippen LogP contribution in [0.25, 0.3) is 0 Å². The summed E-state index contributed by atoms with van der Waals surface area (Å²) in [7, 11) is 1.54. The number of hydrogen-bond acceptors (Lipinski definition) is 4. The molecule has 1 fully saturated rings. The second-order valence-corrected chi connectivity index (χ2v) is 7.03. The van der Waals surface area contributed by atoms with Crippen LogP contribution < -0.4 is 21.1 Å². The van der Waals surface area contributed by atoms with Crippen LogP contribution in [0.5, 0.6) is 5.75 Å². The first-order valence-electron chi connectivity index (χ1n) is 9.33. The Kier molecular flexibility index (Phi) is 6.03. The molecule has 28 heavy (non-hydrogen) atoms. The zero-order chi connectivity index (χ0) is 20.1. The second-order valence-electron chi connectivity index (χ2n) is 7.03. The van der Waals surface area contributed by atoms with Gasteiger partial charge in [-0.3, -0.25) is 4.79 Å². The van der Waals surface area contributed by atoms with E-state index in [9.17, 15) is 9.59 Å². The molecule has 1 unspecified atom stereocenters. The summed E-state index contributed by atoms with van der Waals surface area (Å²) in [5.74, 6) is 0.188. The standard InChI is InChI=1S/C21H26N4O3/c1-14-5-3-7-16(11-14)24-21(27)25-10-4-6-15(13-25)20(26)23-17-8-9-19(28-2)18(22)12-17/h3,5,7-9,11-12,15H,4,6,10,13,22H2,1-2H3,(H,23,26)(H,24,27). The number of nitrogen functional groups attached to an aromatic ring is 1. The number of nitrogens with two attached hydrogens (primary N) is 1. The first-order chi connectivity index (χ1) is 13.5. The summed E-state index contributed by atoms with van der Waals surface area (Å²) in [6, 6.07) is 12.6. The van der Waals surface area contributed by atoms with Gasteiger partial charge in [-0.1, -0.05) is 12.1 Å². The van der Waals surface area contributed by atoms with Crippen molar-refractivity contribution in [3.63, 3.8) is 0 Å². The first kappa shape index (κ1) is 19.5. The first-order valence-corrected chi connectivity index (χ1v) is 9.33. The second kappa shape index (κ2) is 8.65. The van der Waals surface area contributed by atoms with Crippen molar-refractivity contribution in [1.82, 2.24) is 4.90 Å². The van der Waals surface area contributed by atoms with Crippen molar-refractivity contribution in [2.45, 2.75) is 19.8 Å². The fourth-order valence-corrected chi connectivity index (χ4v) is 3.36. The number of aryl methyl sites for hydroxylation is 1. The van der Waals surface area contributed by atoms with E-state index < -0.39 is 0 Å². The summed E-state index contributed by atoms with van der Waals surface area (Å²) in [5.41, 5.74) is 8.80. The van der Waals surface area contributed by atoms with Crippen molar-refractivity contribution < 1.29 is 14.3 Å². The Labute approximate surface area is 164 Å². The van der Waals surface area contributed by atoms with E-state index in [1.165, 1.54) is 0 Å². The fourth-order valence-electron chi connectivity index (χ4n) is 3.36. The van der Waals surface area contributed by atoms with Crippen LogP contribution in [0.15, 0.2) is 42.5 Å². The predicted molar refractivity (Wildman–Crippen MR) is 111 cm³/mol. The van der Waals surface area contributed by atoms with Gasteiger partial charge in [-0.05, 0) is 55.7 Å². The lowest BCUT2D eigenvalue weighted by atomic mass is 9.97. The Morgan fingerprint density at radius 1 is 1.14 bits per heavy atom. The van der Waals surface area contributed by atoms with Crippen molar-refractivity contribution in [2.24, 2.45) is 5.92 Å². The monoisotopic (exact) mass is 382 g/mol. The van der Waals surface area contributed by atoms with Crippen molar-refractivity contribution in [3.8, 4) is 5.75 Å². The third-order valence-corrected chi connectivity index (χ3v) is 4.85. The molecular formula is C21H26N4O3. The summed E-state index contributed by atoms with van der Waals surface area (Å²) in [6.45, 7) is 2.99. The third-order valence-electron chi connectivity index (χ3n) is 4.85. The van der Waals surface area contributed by atoms with Gasteiger partial charge >= 0.3 is 6.03 Å². The Hall–Kier alpha value is -3.22. The van der Waals surface area contributed by atoms with Gasteiger partial charge in [0.05, 0.1) is 18.7 Å². The van der Waals surface area contributed by atoms with Crippen molar-refractivity contribution in [2.75, 3.05) is 36.6 Å². The van der Waals surface area contributed by atoms with Crippen molar-refractivity contribution >= 4 is 29.0 Å². The molecule has 3 rings (SSSR count). The highest BCUT2D eigenvalue weighted by Gasteiger charge is 2.28. The van der Waals surface area contributed by atoms with Gasteiger partial charge in [-0.25, -0.2) is 4.79 Å². The fraction of sp³-hybridized carbons (Fsp3) is 0.333. The average molecular weight is 382 g/mol. The maximum absolute atomic E-state index is 12.7. The van der Waals surface area contributed by atoms with Crippen LogP contribution in [0.3, 0.4) is 0 Å². The molecule has 0 bridgehead atoms. The van der Waals surface area contributed by atoms with E-state index in [1.54, 1.807) is 30.2 Å². The molecule has 0 radical (unpaired) electrons. The molecule has 1 heterocycles. The minimum atomic E-state index is -0.264. The maximum Gasteiger partial charge on any atom is 0.321 e. The van der Waals surface area contributed by atoms with Crippen LogP contribution in [0, 0.1) is 12.8 Å².